The van der Waals surface area contributed by atoms with Crippen LogP contribution in [0.4, 0.5) is 10.5 Å². The average Bonchev–Trinajstić information content (AvgIpc) is 3.51. The van der Waals surface area contributed by atoms with E-state index in [-0.39, 0.29) is 36.2 Å². The molecule has 228 valence electrons. The molecule has 0 unspecified atom stereocenters. The number of hydrogen-bond donors (Lipinski definition) is 0. The van der Waals surface area contributed by atoms with Gasteiger partial charge in [0.2, 0.25) is 5.91 Å². The lowest BCUT2D eigenvalue weighted by molar-refractivity contribution is -0.135. The predicted octanol–water partition coefficient (Wildman–Crippen LogP) is 6.81. The molecule has 2 aliphatic rings. The Kier molecular flexibility index (Phi) is 8.31. The normalized spacial score (nSPS) is 16.8. The van der Waals surface area contributed by atoms with Gasteiger partial charge in [0.05, 0.1) is 17.1 Å². The summed E-state index contributed by atoms with van der Waals surface area (Å²) in [7, 11) is 1.89. The minimum atomic E-state index is -0.575. The smallest absolute Gasteiger partial charge is 0.332 e. The van der Waals surface area contributed by atoms with Crippen molar-refractivity contribution in [1.29, 1.82) is 0 Å². The molecular formula is C34H36ClN5O4. The number of likely N-dealkylation sites (tertiary alicyclic amines) is 1. The number of urea groups is 1. The van der Waals surface area contributed by atoms with Gasteiger partial charge in [-0.3, -0.25) is 19.4 Å². The van der Waals surface area contributed by atoms with Crippen LogP contribution in [0, 0.1) is 11.8 Å². The van der Waals surface area contributed by atoms with Crippen LogP contribution in [0.1, 0.15) is 45.0 Å². The van der Waals surface area contributed by atoms with Gasteiger partial charge in [-0.2, -0.15) is 0 Å². The monoisotopic (exact) mass is 613 g/mol. The predicted molar refractivity (Wildman–Crippen MR) is 170 cm³/mol. The molecule has 0 saturated carbocycles. The van der Waals surface area contributed by atoms with Crippen LogP contribution in [0.3, 0.4) is 0 Å². The van der Waals surface area contributed by atoms with Gasteiger partial charge in [-0.1, -0.05) is 43.6 Å². The molecule has 0 N–H and O–H groups in total. The van der Waals surface area contributed by atoms with E-state index in [4.69, 9.17) is 21.3 Å². The molecule has 10 heteroatoms. The Bertz CT molecular complexity index is 1680. The lowest BCUT2D eigenvalue weighted by atomic mass is 9.89. The molecular weight excluding hydrogens is 578 g/mol. The van der Waals surface area contributed by atoms with Crippen molar-refractivity contribution in [3.05, 3.63) is 83.6 Å². The molecule has 3 heterocycles. The van der Waals surface area contributed by atoms with Crippen molar-refractivity contribution in [2.75, 3.05) is 24.5 Å². The fourth-order valence-electron chi connectivity index (χ4n) is 6.22. The van der Waals surface area contributed by atoms with Crippen LogP contribution in [0.15, 0.2) is 72.8 Å². The van der Waals surface area contributed by atoms with Gasteiger partial charge in [0.1, 0.15) is 23.9 Å². The number of ether oxygens (including phenoxy) is 1. The molecule has 44 heavy (non-hydrogen) atoms. The zero-order chi connectivity index (χ0) is 31.0. The van der Waals surface area contributed by atoms with E-state index in [9.17, 15) is 14.4 Å². The number of imidazole rings is 1. The van der Waals surface area contributed by atoms with Gasteiger partial charge in [0, 0.05) is 36.8 Å². The number of hydrogen-bond acceptors (Lipinski definition) is 5. The standard InChI is InChI=1S/C34H36ClN5O4/c1-22(2)33(42)38-17-15-23(16-18-38)19-30(32-36-28-14-9-24(35)20-29(28)37(32)3)40-31(41)21-39(34(40)43)25-10-12-27(13-11-25)44-26-7-5-4-6-8-26/h4-14,20,22-23,30H,15-19,21H2,1-3H3/t30-/m0/s1. The second kappa shape index (κ2) is 12.3. The SMILES string of the molecule is CC(C)C(=O)N1CCC(C[C@@H](c2nc3ccc(Cl)cc3n2C)N2C(=O)CN(c3ccc(Oc4ccccc4)cc3)C2=O)CC1. The fraction of sp³-hybridized carbons (Fsp3) is 0.353. The molecule has 0 radical (unpaired) electrons. The topological polar surface area (TPSA) is 88.0 Å². The minimum Gasteiger partial charge on any atom is -0.457 e. The highest BCUT2D eigenvalue weighted by atomic mass is 35.5. The van der Waals surface area contributed by atoms with Crippen LogP contribution in [0.2, 0.25) is 5.02 Å². The van der Waals surface area contributed by atoms with Crippen molar-refractivity contribution in [2.45, 2.75) is 39.2 Å². The number of carbonyl (C=O) groups is 3. The van der Waals surface area contributed by atoms with E-state index in [1.54, 1.807) is 30.3 Å². The highest BCUT2D eigenvalue weighted by molar-refractivity contribution is 6.31. The van der Waals surface area contributed by atoms with Crippen molar-refractivity contribution < 1.29 is 19.1 Å². The Morgan fingerprint density at radius 3 is 2.34 bits per heavy atom. The molecule has 4 aromatic rings. The maximum Gasteiger partial charge on any atom is 0.332 e. The van der Waals surface area contributed by atoms with Crippen molar-refractivity contribution >= 4 is 46.2 Å². The number of amides is 4. The zero-order valence-corrected chi connectivity index (χ0v) is 25.9. The van der Waals surface area contributed by atoms with Crippen LogP contribution in [0.25, 0.3) is 11.0 Å². The van der Waals surface area contributed by atoms with Gasteiger partial charge in [-0.15, -0.1) is 0 Å². The minimum absolute atomic E-state index is 0.0455. The first kappa shape index (κ1) is 29.7. The number of benzene rings is 3. The van der Waals surface area contributed by atoms with Gasteiger partial charge in [0.25, 0.3) is 5.91 Å². The fourth-order valence-corrected chi connectivity index (χ4v) is 6.39. The number of aryl methyl sites for hydroxylation is 1. The molecule has 1 atom stereocenters. The number of halogens is 1. The highest BCUT2D eigenvalue weighted by Crippen LogP contribution is 2.38. The van der Waals surface area contributed by atoms with Crippen LogP contribution in [-0.4, -0.2) is 56.8 Å². The summed E-state index contributed by atoms with van der Waals surface area (Å²) in [4.78, 5) is 50.0. The Morgan fingerprint density at radius 1 is 0.977 bits per heavy atom. The molecule has 0 spiro atoms. The summed E-state index contributed by atoms with van der Waals surface area (Å²) >= 11 is 6.31. The maximum atomic E-state index is 14.0. The van der Waals surface area contributed by atoms with E-state index in [1.807, 2.05) is 72.8 Å². The first-order valence-corrected chi connectivity index (χ1v) is 15.4. The Balaban J connectivity index is 1.27. The second-order valence-corrected chi connectivity index (χ2v) is 12.3. The molecule has 2 saturated heterocycles. The van der Waals surface area contributed by atoms with E-state index in [2.05, 4.69) is 0 Å². The summed E-state index contributed by atoms with van der Waals surface area (Å²) < 4.78 is 7.84. The van der Waals surface area contributed by atoms with Gasteiger partial charge in [0.15, 0.2) is 0 Å². The van der Waals surface area contributed by atoms with Crippen LogP contribution < -0.4 is 9.64 Å². The summed E-state index contributed by atoms with van der Waals surface area (Å²) in [6.07, 6.45) is 2.16. The Morgan fingerprint density at radius 2 is 1.66 bits per heavy atom. The molecule has 3 aromatic carbocycles. The molecule has 2 aliphatic heterocycles. The molecule has 4 amide bonds. The summed E-state index contributed by atoms with van der Waals surface area (Å²) in [5.41, 5.74) is 2.20. The molecule has 0 bridgehead atoms. The Labute approximate surface area is 262 Å². The van der Waals surface area contributed by atoms with Gasteiger partial charge >= 0.3 is 6.03 Å². The zero-order valence-electron chi connectivity index (χ0n) is 25.1. The van der Waals surface area contributed by atoms with Gasteiger partial charge in [-0.05, 0) is 79.8 Å². The quantitative estimate of drug-likeness (QED) is 0.204. The first-order chi connectivity index (χ1) is 21.2. The average molecular weight is 614 g/mol. The number of para-hydroxylation sites is 1. The lowest BCUT2D eigenvalue weighted by Gasteiger charge is -2.36. The number of fused-ring (bicyclic) bond motifs is 1. The van der Waals surface area contributed by atoms with Crippen molar-refractivity contribution in [1.82, 2.24) is 19.4 Å². The van der Waals surface area contributed by atoms with E-state index in [0.717, 1.165) is 23.9 Å². The number of carbonyl (C=O) groups excluding carboxylic acids is 3. The van der Waals surface area contributed by atoms with Crippen molar-refractivity contribution in [2.24, 2.45) is 18.9 Å². The van der Waals surface area contributed by atoms with Crippen LogP contribution in [0.5, 0.6) is 11.5 Å². The number of anilines is 1. The largest absolute Gasteiger partial charge is 0.457 e. The number of rotatable bonds is 8. The van der Waals surface area contributed by atoms with Crippen LogP contribution >= 0.6 is 11.6 Å². The van der Waals surface area contributed by atoms with Crippen molar-refractivity contribution in [3.8, 4) is 11.5 Å². The van der Waals surface area contributed by atoms with E-state index in [1.165, 1.54) is 9.80 Å². The first-order valence-electron chi connectivity index (χ1n) is 15.1. The number of imide groups is 1. The summed E-state index contributed by atoms with van der Waals surface area (Å²) in [6, 6.07) is 21.2. The summed E-state index contributed by atoms with van der Waals surface area (Å²) in [5, 5.41) is 0.588. The number of aromatic nitrogens is 2. The van der Waals surface area contributed by atoms with E-state index < -0.39 is 6.04 Å². The lowest BCUT2D eigenvalue weighted by Crippen LogP contribution is -2.42. The number of nitrogens with zero attached hydrogens (tertiary/aromatic N) is 5. The summed E-state index contributed by atoms with van der Waals surface area (Å²) in [6.45, 7) is 5.10. The summed E-state index contributed by atoms with van der Waals surface area (Å²) in [5.74, 6) is 2.03. The molecule has 1 aromatic heterocycles. The Hall–Kier alpha value is -4.37. The number of piperidine rings is 1. The third-order valence-electron chi connectivity index (χ3n) is 8.59. The third kappa shape index (κ3) is 5.88. The van der Waals surface area contributed by atoms with E-state index >= 15 is 0 Å². The van der Waals surface area contributed by atoms with Crippen molar-refractivity contribution in [3.63, 3.8) is 0 Å². The second-order valence-electron chi connectivity index (χ2n) is 11.9. The van der Waals surface area contributed by atoms with Gasteiger partial charge < -0.3 is 14.2 Å². The molecule has 0 aliphatic carbocycles. The maximum absolute atomic E-state index is 14.0. The highest BCUT2D eigenvalue weighted by Gasteiger charge is 2.44. The molecule has 2 fully saturated rings. The third-order valence-corrected chi connectivity index (χ3v) is 8.83. The van der Waals surface area contributed by atoms with Crippen LogP contribution in [-0.2, 0) is 16.6 Å². The van der Waals surface area contributed by atoms with E-state index in [0.29, 0.717) is 47.5 Å². The van der Waals surface area contributed by atoms with Gasteiger partial charge in [-0.25, -0.2) is 9.78 Å². The molecule has 9 nitrogen and oxygen atoms in total. The molecule has 6 rings (SSSR count).